The van der Waals surface area contributed by atoms with E-state index in [-0.39, 0.29) is 0 Å². The number of aliphatic hydroxyl groups is 1. The summed E-state index contributed by atoms with van der Waals surface area (Å²) in [6.07, 6.45) is 1.26. The number of rotatable bonds is 4. The monoisotopic (exact) mass is 225 g/mol. The van der Waals surface area contributed by atoms with Crippen LogP contribution in [0.25, 0.3) is 0 Å². The van der Waals surface area contributed by atoms with Gasteiger partial charge in [0.05, 0.1) is 6.10 Å². The molecule has 1 aromatic heterocycles. The van der Waals surface area contributed by atoms with Gasteiger partial charge in [0.25, 0.3) is 0 Å². The highest BCUT2D eigenvalue weighted by Crippen LogP contribution is 2.11. The number of hydrogen-bond donors (Lipinski definition) is 2. The van der Waals surface area contributed by atoms with E-state index < -0.39 is 6.10 Å². The van der Waals surface area contributed by atoms with Crippen molar-refractivity contribution in [1.29, 1.82) is 0 Å². The van der Waals surface area contributed by atoms with E-state index in [2.05, 4.69) is 4.98 Å². The molecule has 15 heavy (non-hydrogen) atoms. The molecule has 0 spiro atoms. The van der Waals surface area contributed by atoms with Crippen molar-refractivity contribution < 1.29 is 5.11 Å². The molecule has 1 atom stereocenters. The first-order chi connectivity index (χ1) is 7.00. The Balaban J connectivity index is 2.85. The molecule has 0 aliphatic carbocycles. The van der Waals surface area contributed by atoms with Crippen LogP contribution in [0.5, 0.6) is 0 Å². The first kappa shape index (κ1) is 11.9. The van der Waals surface area contributed by atoms with E-state index >= 15 is 0 Å². The summed E-state index contributed by atoms with van der Waals surface area (Å²) in [5, 5.41) is 9.24. The molecule has 0 fully saturated rings. The normalized spacial score (nSPS) is 12.2. The molecule has 3 N–H and O–H groups in total. The lowest BCUT2D eigenvalue weighted by atomic mass is 10.2. The zero-order chi connectivity index (χ0) is 11.4. The van der Waals surface area contributed by atoms with Gasteiger partial charge >= 0.3 is 0 Å². The summed E-state index contributed by atoms with van der Waals surface area (Å²) < 4.78 is 0. The minimum absolute atomic E-state index is 0.351. The Morgan fingerprint density at radius 3 is 2.93 bits per heavy atom. The third kappa shape index (κ3) is 3.45. The lowest BCUT2D eigenvalue weighted by Gasteiger charge is -2.19. The van der Waals surface area contributed by atoms with Crippen LogP contribution in [0.3, 0.4) is 0 Å². The highest BCUT2D eigenvalue weighted by Gasteiger charge is 2.06. The average Bonchev–Trinajstić information content (AvgIpc) is 2.17. The first-order valence-corrected chi connectivity index (χ1v) is 5.06. The van der Waals surface area contributed by atoms with Crippen LogP contribution in [0.1, 0.15) is 12.5 Å². The molecule has 0 aliphatic rings. The maximum absolute atomic E-state index is 9.24. The van der Waals surface area contributed by atoms with Crippen molar-refractivity contribution in [3.63, 3.8) is 0 Å². The van der Waals surface area contributed by atoms with Gasteiger partial charge in [-0.2, -0.15) is 0 Å². The first-order valence-electron chi connectivity index (χ1n) is 4.65. The van der Waals surface area contributed by atoms with Gasteiger partial charge in [-0.3, -0.25) is 0 Å². The van der Waals surface area contributed by atoms with Crippen LogP contribution in [-0.4, -0.2) is 34.8 Å². The maximum Gasteiger partial charge on any atom is 0.128 e. The average molecular weight is 225 g/mol. The fraction of sp³-hybridized carbons (Fsp3) is 0.400. The van der Waals surface area contributed by atoms with E-state index in [1.54, 1.807) is 19.2 Å². The molecule has 0 aromatic carbocycles. The molecule has 0 saturated carbocycles. The number of thiocarbonyl (C=S) groups is 1. The smallest absolute Gasteiger partial charge is 0.128 e. The second-order valence-electron chi connectivity index (χ2n) is 3.50. The second kappa shape index (κ2) is 5.04. The Morgan fingerprint density at radius 2 is 2.40 bits per heavy atom. The van der Waals surface area contributed by atoms with E-state index in [0.717, 1.165) is 11.4 Å². The van der Waals surface area contributed by atoms with Gasteiger partial charge in [0.2, 0.25) is 0 Å². The van der Waals surface area contributed by atoms with E-state index in [0.29, 0.717) is 11.5 Å². The molecule has 0 saturated heterocycles. The Bertz CT molecular complexity index is 354. The van der Waals surface area contributed by atoms with Crippen LogP contribution in [0.4, 0.5) is 5.82 Å². The van der Waals surface area contributed by atoms with Crippen molar-refractivity contribution in [2.45, 2.75) is 13.0 Å². The van der Waals surface area contributed by atoms with Gasteiger partial charge in [0.1, 0.15) is 10.8 Å². The van der Waals surface area contributed by atoms with Crippen molar-refractivity contribution in [2.75, 3.05) is 18.5 Å². The largest absolute Gasteiger partial charge is 0.392 e. The molecule has 1 aromatic rings. The summed E-state index contributed by atoms with van der Waals surface area (Å²) in [6.45, 7) is 2.25. The summed E-state index contributed by atoms with van der Waals surface area (Å²) >= 11 is 4.88. The predicted octanol–water partition coefficient (Wildman–Crippen LogP) is 0.533. The third-order valence-corrected chi connectivity index (χ3v) is 2.19. The van der Waals surface area contributed by atoms with Crippen molar-refractivity contribution in [3.8, 4) is 0 Å². The van der Waals surface area contributed by atoms with Crippen molar-refractivity contribution in [3.05, 3.63) is 23.9 Å². The highest BCUT2D eigenvalue weighted by atomic mass is 32.1. The molecule has 82 valence electrons. The molecular weight excluding hydrogens is 210 g/mol. The van der Waals surface area contributed by atoms with E-state index in [9.17, 15) is 5.11 Å². The fourth-order valence-corrected chi connectivity index (χ4v) is 1.40. The topological polar surface area (TPSA) is 62.4 Å². The van der Waals surface area contributed by atoms with Crippen LogP contribution >= 0.6 is 12.2 Å². The summed E-state index contributed by atoms with van der Waals surface area (Å²) in [7, 11) is 1.86. The number of anilines is 1. The molecule has 0 radical (unpaired) electrons. The number of aliphatic hydroxyl groups excluding tert-OH is 1. The number of nitrogens with two attached hydrogens (primary N) is 1. The Hall–Kier alpha value is -1.20. The van der Waals surface area contributed by atoms with Crippen LogP contribution < -0.4 is 10.6 Å². The van der Waals surface area contributed by atoms with Crippen LogP contribution in [0.15, 0.2) is 18.3 Å². The minimum Gasteiger partial charge on any atom is -0.392 e. The summed E-state index contributed by atoms with van der Waals surface area (Å²) in [5.74, 6) is 0.751. The third-order valence-electron chi connectivity index (χ3n) is 1.96. The molecule has 0 aliphatic heterocycles. The highest BCUT2D eigenvalue weighted by molar-refractivity contribution is 7.80. The summed E-state index contributed by atoms with van der Waals surface area (Å²) in [4.78, 5) is 6.38. The van der Waals surface area contributed by atoms with E-state index in [1.807, 2.05) is 18.0 Å². The van der Waals surface area contributed by atoms with Crippen LogP contribution in [0, 0.1) is 0 Å². The number of hydrogen-bond acceptors (Lipinski definition) is 4. The Morgan fingerprint density at radius 1 is 1.73 bits per heavy atom. The molecule has 4 nitrogen and oxygen atoms in total. The zero-order valence-electron chi connectivity index (χ0n) is 8.84. The molecule has 1 unspecified atom stereocenters. The quantitative estimate of drug-likeness (QED) is 0.732. The SMILES string of the molecule is CC(O)CN(C)c1cc(C(N)=S)ccn1. The molecule has 0 bridgehead atoms. The summed E-state index contributed by atoms with van der Waals surface area (Å²) in [6, 6.07) is 3.58. The maximum atomic E-state index is 9.24. The fourth-order valence-electron chi connectivity index (χ4n) is 1.27. The number of aromatic nitrogens is 1. The predicted molar refractivity (Wildman–Crippen MR) is 65.1 cm³/mol. The standard InChI is InChI=1S/C10H15N3OS/c1-7(14)6-13(2)9-5-8(10(11)15)3-4-12-9/h3-5,7,14H,6H2,1-2H3,(H2,11,15). The Labute approximate surface area is 94.7 Å². The van der Waals surface area contributed by atoms with Crippen molar-refractivity contribution in [1.82, 2.24) is 4.98 Å². The molecule has 0 amide bonds. The van der Waals surface area contributed by atoms with Gasteiger partial charge in [-0.05, 0) is 19.1 Å². The Kier molecular flexibility index (Phi) is 3.99. The molecule has 1 heterocycles. The number of pyridine rings is 1. The minimum atomic E-state index is -0.398. The number of likely N-dealkylation sites (N-methyl/N-ethyl adjacent to an activating group) is 1. The van der Waals surface area contributed by atoms with Crippen molar-refractivity contribution in [2.24, 2.45) is 5.73 Å². The van der Waals surface area contributed by atoms with Gasteiger partial charge in [-0.25, -0.2) is 4.98 Å². The van der Waals surface area contributed by atoms with Gasteiger partial charge in [-0.15, -0.1) is 0 Å². The van der Waals surface area contributed by atoms with Gasteiger partial charge in [0, 0.05) is 25.4 Å². The van der Waals surface area contributed by atoms with Gasteiger partial charge < -0.3 is 15.7 Å². The van der Waals surface area contributed by atoms with Crippen molar-refractivity contribution >= 4 is 23.0 Å². The van der Waals surface area contributed by atoms with Gasteiger partial charge in [0.15, 0.2) is 0 Å². The van der Waals surface area contributed by atoms with Crippen LogP contribution in [0.2, 0.25) is 0 Å². The van der Waals surface area contributed by atoms with E-state index in [4.69, 9.17) is 18.0 Å². The lowest BCUT2D eigenvalue weighted by Crippen LogP contribution is -2.27. The zero-order valence-corrected chi connectivity index (χ0v) is 9.66. The molecule has 1 rings (SSSR count). The second-order valence-corrected chi connectivity index (χ2v) is 3.94. The molecular formula is C10H15N3OS. The van der Waals surface area contributed by atoms with Gasteiger partial charge in [-0.1, -0.05) is 12.2 Å². The molecule has 5 heteroatoms. The summed E-state index contributed by atoms with van der Waals surface area (Å²) in [5.41, 5.74) is 6.30. The lowest BCUT2D eigenvalue weighted by molar-refractivity contribution is 0.201. The van der Waals surface area contributed by atoms with E-state index in [1.165, 1.54) is 0 Å². The number of nitrogens with zero attached hydrogens (tertiary/aromatic N) is 2. The van der Waals surface area contributed by atoms with Crippen LogP contribution in [-0.2, 0) is 0 Å².